The highest BCUT2D eigenvalue weighted by Gasteiger charge is 2.28. The minimum absolute atomic E-state index is 0.195. The van der Waals surface area contributed by atoms with Gasteiger partial charge in [-0.3, -0.25) is 14.2 Å². The fraction of sp³-hybridized carbons (Fsp3) is 0.222. The molecule has 1 aromatic heterocycles. The Hall–Kier alpha value is -3.64. The summed E-state index contributed by atoms with van der Waals surface area (Å²) >= 11 is 6.34. The standard InChI is InChI=1S/C27H26ClN3O3/c1-4-17-30(26(32)21-9-5-7-11-23(21)28)18(2)25-29-24-12-8-6-10-22(24)27(33)31(25)19-13-15-20(34-3)16-14-19/h5-16,18H,4,17H2,1-3H3. The molecule has 1 atom stereocenters. The van der Waals surface area contributed by atoms with Gasteiger partial charge in [0.1, 0.15) is 11.6 Å². The van der Waals surface area contributed by atoms with Gasteiger partial charge < -0.3 is 9.64 Å². The van der Waals surface area contributed by atoms with Crippen LogP contribution in [0, 0.1) is 0 Å². The molecule has 0 aliphatic carbocycles. The molecular formula is C27H26ClN3O3. The van der Waals surface area contributed by atoms with Crippen LogP contribution in [0.1, 0.15) is 42.5 Å². The molecule has 0 saturated carbocycles. The van der Waals surface area contributed by atoms with Gasteiger partial charge in [-0.05, 0) is 61.9 Å². The van der Waals surface area contributed by atoms with Crippen LogP contribution in [0.15, 0.2) is 77.6 Å². The summed E-state index contributed by atoms with van der Waals surface area (Å²) in [7, 11) is 1.59. The number of hydrogen-bond acceptors (Lipinski definition) is 4. The molecule has 0 spiro atoms. The van der Waals surface area contributed by atoms with E-state index in [2.05, 4.69) is 0 Å². The number of aromatic nitrogens is 2. The average molecular weight is 476 g/mol. The second kappa shape index (κ2) is 10.1. The topological polar surface area (TPSA) is 64.4 Å². The maximum absolute atomic E-state index is 13.7. The molecule has 3 aromatic carbocycles. The molecule has 4 rings (SSSR count). The Balaban J connectivity index is 1.91. The van der Waals surface area contributed by atoms with E-state index in [4.69, 9.17) is 21.3 Å². The first-order valence-electron chi connectivity index (χ1n) is 11.2. The van der Waals surface area contributed by atoms with Gasteiger partial charge in [0.05, 0.1) is 40.3 Å². The zero-order valence-electron chi connectivity index (χ0n) is 19.4. The third-order valence-corrected chi connectivity index (χ3v) is 6.13. The lowest BCUT2D eigenvalue weighted by Crippen LogP contribution is -2.38. The molecule has 7 heteroatoms. The molecule has 0 radical (unpaired) electrons. The maximum atomic E-state index is 13.7. The van der Waals surface area contributed by atoms with Crippen LogP contribution in [0.4, 0.5) is 0 Å². The number of carbonyl (C=O) groups is 1. The lowest BCUT2D eigenvalue weighted by Gasteiger charge is -2.30. The average Bonchev–Trinajstić information content (AvgIpc) is 2.87. The number of hydrogen-bond donors (Lipinski definition) is 0. The Labute approximate surface area is 203 Å². The van der Waals surface area contributed by atoms with Crippen molar-refractivity contribution in [3.05, 3.63) is 99.6 Å². The molecule has 0 N–H and O–H groups in total. The van der Waals surface area contributed by atoms with E-state index in [0.29, 0.717) is 45.3 Å². The van der Waals surface area contributed by atoms with E-state index in [-0.39, 0.29) is 11.5 Å². The van der Waals surface area contributed by atoms with Crippen LogP contribution in [-0.4, -0.2) is 34.0 Å². The maximum Gasteiger partial charge on any atom is 0.266 e. The van der Waals surface area contributed by atoms with Gasteiger partial charge in [-0.25, -0.2) is 4.98 Å². The van der Waals surface area contributed by atoms with E-state index in [1.54, 1.807) is 59.0 Å². The van der Waals surface area contributed by atoms with Crippen molar-refractivity contribution in [3.63, 3.8) is 0 Å². The summed E-state index contributed by atoms with van der Waals surface area (Å²) in [5, 5.41) is 0.897. The molecule has 4 aromatic rings. The largest absolute Gasteiger partial charge is 0.497 e. The Morgan fingerprint density at radius 2 is 1.74 bits per heavy atom. The van der Waals surface area contributed by atoms with E-state index < -0.39 is 6.04 Å². The van der Waals surface area contributed by atoms with Crippen molar-refractivity contribution < 1.29 is 9.53 Å². The fourth-order valence-corrected chi connectivity index (χ4v) is 4.27. The number of halogens is 1. The van der Waals surface area contributed by atoms with Crippen LogP contribution in [0.5, 0.6) is 5.75 Å². The van der Waals surface area contributed by atoms with Crippen LogP contribution in [0.3, 0.4) is 0 Å². The summed E-state index contributed by atoms with van der Waals surface area (Å²) < 4.78 is 6.86. The molecule has 0 fully saturated rings. The third-order valence-electron chi connectivity index (χ3n) is 5.80. The van der Waals surface area contributed by atoms with Gasteiger partial charge in [0, 0.05) is 6.54 Å². The van der Waals surface area contributed by atoms with Crippen molar-refractivity contribution in [1.29, 1.82) is 0 Å². The van der Waals surface area contributed by atoms with E-state index in [9.17, 15) is 9.59 Å². The summed E-state index contributed by atoms with van der Waals surface area (Å²) in [5.41, 5.74) is 1.45. The SMILES string of the molecule is CCCN(C(=O)c1ccccc1Cl)C(C)c1nc2ccccc2c(=O)n1-c1ccc(OC)cc1. The smallest absolute Gasteiger partial charge is 0.266 e. The van der Waals surface area contributed by atoms with Gasteiger partial charge >= 0.3 is 0 Å². The Kier molecular flexibility index (Phi) is 6.98. The quantitative estimate of drug-likeness (QED) is 0.346. The number of amides is 1. The van der Waals surface area contributed by atoms with Crippen molar-refractivity contribution in [2.75, 3.05) is 13.7 Å². The number of ether oxygens (including phenoxy) is 1. The predicted molar refractivity (Wildman–Crippen MR) is 135 cm³/mol. The highest BCUT2D eigenvalue weighted by molar-refractivity contribution is 6.33. The molecule has 34 heavy (non-hydrogen) atoms. The van der Waals surface area contributed by atoms with E-state index in [0.717, 1.165) is 6.42 Å². The monoisotopic (exact) mass is 475 g/mol. The number of carbonyl (C=O) groups excluding carboxylic acids is 1. The first kappa shape index (κ1) is 23.5. The molecule has 1 amide bonds. The molecular weight excluding hydrogens is 450 g/mol. The second-order valence-electron chi connectivity index (χ2n) is 7.98. The first-order valence-corrected chi connectivity index (χ1v) is 11.6. The fourth-order valence-electron chi connectivity index (χ4n) is 4.05. The molecule has 0 bridgehead atoms. The second-order valence-corrected chi connectivity index (χ2v) is 8.39. The van der Waals surface area contributed by atoms with Gasteiger partial charge in [-0.1, -0.05) is 42.8 Å². The molecule has 0 saturated heterocycles. The zero-order valence-corrected chi connectivity index (χ0v) is 20.1. The molecule has 0 aliphatic heterocycles. The Morgan fingerprint density at radius 1 is 1.06 bits per heavy atom. The first-order chi connectivity index (χ1) is 16.5. The van der Waals surface area contributed by atoms with Crippen molar-refractivity contribution in [1.82, 2.24) is 14.5 Å². The van der Waals surface area contributed by atoms with Crippen molar-refractivity contribution in [2.45, 2.75) is 26.3 Å². The van der Waals surface area contributed by atoms with E-state index >= 15 is 0 Å². The van der Waals surface area contributed by atoms with Gasteiger partial charge in [-0.2, -0.15) is 0 Å². The van der Waals surface area contributed by atoms with Crippen LogP contribution < -0.4 is 10.3 Å². The van der Waals surface area contributed by atoms with Gasteiger partial charge in [-0.15, -0.1) is 0 Å². The third kappa shape index (κ3) is 4.41. The summed E-state index contributed by atoms with van der Waals surface area (Å²) in [6.45, 7) is 4.38. The minimum atomic E-state index is -0.497. The van der Waals surface area contributed by atoms with Crippen LogP contribution in [0.25, 0.3) is 16.6 Å². The summed E-state index contributed by atoms with van der Waals surface area (Å²) in [6.07, 6.45) is 0.737. The Morgan fingerprint density at radius 3 is 2.41 bits per heavy atom. The number of para-hydroxylation sites is 1. The van der Waals surface area contributed by atoms with E-state index in [1.807, 2.05) is 44.2 Å². The van der Waals surface area contributed by atoms with Crippen LogP contribution in [0.2, 0.25) is 5.02 Å². The van der Waals surface area contributed by atoms with Gasteiger partial charge in [0.15, 0.2) is 0 Å². The lowest BCUT2D eigenvalue weighted by atomic mass is 10.1. The van der Waals surface area contributed by atoms with Crippen molar-refractivity contribution >= 4 is 28.4 Å². The van der Waals surface area contributed by atoms with Crippen molar-refractivity contribution in [2.24, 2.45) is 0 Å². The number of benzene rings is 3. The van der Waals surface area contributed by atoms with Crippen molar-refractivity contribution in [3.8, 4) is 11.4 Å². The van der Waals surface area contributed by atoms with E-state index in [1.165, 1.54) is 0 Å². The summed E-state index contributed by atoms with van der Waals surface area (Å²) in [5.74, 6) is 0.952. The Bertz CT molecular complexity index is 1380. The highest BCUT2D eigenvalue weighted by Crippen LogP contribution is 2.27. The lowest BCUT2D eigenvalue weighted by molar-refractivity contribution is 0.0681. The molecule has 0 aliphatic rings. The number of methoxy groups -OCH3 is 1. The van der Waals surface area contributed by atoms with Gasteiger partial charge in [0.25, 0.3) is 11.5 Å². The predicted octanol–water partition coefficient (Wildman–Crippen LogP) is 5.66. The summed E-state index contributed by atoms with van der Waals surface area (Å²) in [4.78, 5) is 33.8. The zero-order chi connectivity index (χ0) is 24.2. The minimum Gasteiger partial charge on any atom is -0.497 e. The summed E-state index contributed by atoms with van der Waals surface area (Å²) in [6, 6.07) is 20.9. The normalized spacial score (nSPS) is 11.9. The van der Waals surface area contributed by atoms with Crippen LogP contribution in [-0.2, 0) is 0 Å². The number of nitrogens with zero attached hydrogens (tertiary/aromatic N) is 3. The molecule has 1 unspecified atom stereocenters. The van der Waals surface area contributed by atoms with Crippen LogP contribution >= 0.6 is 11.6 Å². The molecule has 174 valence electrons. The number of rotatable bonds is 7. The number of fused-ring (bicyclic) bond motifs is 1. The molecule has 6 nitrogen and oxygen atoms in total. The molecule has 1 heterocycles. The van der Waals surface area contributed by atoms with Gasteiger partial charge in [0.2, 0.25) is 0 Å². The highest BCUT2D eigenvalue weighted by atomic mass is 35.5.